The molecule has 1 amide bonds. The van der Waals surface area contributed by atoms with Crippen LogP contribution in [0.4, 0.5) is 0 Å². The number of hydrogen-bond acceptors (Lipinski definition) is 1. The zero-order valence-electron chi connectivity index (χ0n) is 11.3. The molecular formula is C15H27NO. The van der Waals surface area contributed by atoms with Crippen LogP contribution in [0.5, 0.6) is 0 Å². The third-order valence-corrected chi connectivity index (χ3v) is 4.53. The molecule has 2 rings (SSSR count). The van der Waals surface area contributed by atoms with Gasteiger partial charge in [-0.05, 0) is 25.7 Å². The molecule has 2 aliphatic rings. The minimum atomic E-state index is 0.406. The number of amides is 1. The minimum Gasteiger partial charge on any atom is -0.337 e. The highest BCUT2D eigenvalue weighted by Crippen LogP contribution is 2.30. The summed E-state index contributed by atoms with van der Waals surface area (Å²) in [5, 5.41) is 0. The third kappa shape index (κ3) is 3.23. The highest BCUT2D eigenvalue weighted by molar-refractivity contribution is 5.76. The van der Waals surface area contributed by atoms with E-state index >= 15 is 0 Å². The maximum Gasteiger partial charge on any atom is 0.222 e. The Labute approximate surface area is 106 Å². The van der Waals surface area contributed by atoms with Crippen molar-refractivity contribution in [2.75, 3.05) is 0 Å². The summed E-state index contributed by atoms with van der Waals surface area (Å²) in [5.41, 5.74) is 0. The second-order valence-electron chi connectivity index (χ2n) is 5.74. The summed E-state index contributed by atoms with van der Waals surface area (Å²) in [4.78, 5) is 14.5. The Morgan fingerprint density at radius 3 is 1.65 bits per heavy atom. The number of nitrogens with zero attached hydrogens (tertiary/aromatic N) is 1. The standard InChI is InChI=1S/C15H27NO/c1-2-15(17)16(13-9-5-3-6-10-13)14-11-7-4-8-12-14/h13-14H,2-12H2,1H3. The number of rotatable bonds is 3. The van der Waals surface area contributed by atoms with Gasteiger partial charge in [0.15, 0.2) is 0 Å². The van der Waals surface area contributed by atoms with E-state index in [1.54, 1.807) is 0 Å². The van der Waals surface area contributed by atoms with Gasteiger partial charge in [-0.25, -0.2) is 0 Å². The Hall–Kier alpha value is -0.530. The average molecular weight is 237 g/mol. The molecule has 0 aromatic rings. The van der Waals surface area contributed by atoms with Crippen molar-refractivity contribution in [1.82, 2.24) is 4.90 Å². The van der Waals surface area contributed by atoms with E-state index in [0.717, 1.165) is 0 Å². The fourth-order valence-electron chi connectivity index (χ4n) is 3.61. The zero-order chi connectivity index (χ0) is 12.1. The molecule has 0 unspecified atom stereocenters. The molecule has 0 spiro atoms. The predicted molar refractivity (Wildman–Crippen MR) is 70.9 cm³/mol. The van der Waals surface area contributed by atoms with Gasteiger partial charge >= 0.3 is 0 Å². The maximum absolute atomic E-state index is 12.2. The SMILES string of the molecule is CCC(=O)N(C1CCCCC1)C1CCCCC1. The molecule has 0 bridgehead atoms. The monoisotopic (exact) mass is 237 g/mol. The van der Waals surface area contributed by atoms with E-state index < -0.39 is 0 Å². The molecule has 0 atom stereocenters. The van der Waals surface area contributed by atoms with Crippen LogP contribution in [0.25, 0.3) is 0 Å². The molecule has 0 aromatic heterocycles. The quantitative estimate of drug-likeness (QED) is 0.729. The molecule has 0 N–H and O–H groups in total. The first-order valence-electron chi connectivity index (χ1n) is 7.64. The minimum absolute atomic E-state index is 0.406. The Kier molecular flexibility index (Phi) is 4.87. The summed E-state index contributed by atoms with van der Waals surface area (Å²) in [7, 11) is 0. The maximum atomic E-state index is 12.2. The Morgan fingerprint density at radius 1 is 0.882 bits per heavy atom. The van der Waals surface area contributed by atoms with Crippen LogP contribution in [-0.4, -0.2) is 22.9 Å². The van der Waals surface area contributed by atoms with Gasteiger partial charge in [-0.3, -0.25) is 4.79 Å². The van der Waals surface area contributed by atoms with Crippen molar-refractivity contribution in [1.29, 1.82) is 0 Å². The van der Waals surface area contributed by atoms with E-state index in [9.17, 15) is 4.79 Å². The molecule has 98 valence electrons. The molecule has 2 nitrogen and oxygen atoms in total. The highest BCUT2D eigenvalue weighted by atomic mass is 16.2. The topological polar surface area (TPSA) is 20.3 Å². The first-order chi connectivity index (χ1) is 8.33. The first kappa shape index (κ1) is 12.9. The summed E-state index contributed by atoms with van der Waals surface area (Å²) >= 11 is 0. The van der Waals surface area contributed by atoms with E-state index in [4.69, 9.17) is 0 Å². The van der Waals surface area contributed by atoms with Crippen molar-refractivity contribution >= 4 is 5.91 Å². The van der Waals surface area contributed by atoms with Crippen LogP contribution in [0, 0.1) is 0 Å². The van der Waals surface area contributed by atoms with Gasteiger partial charge in [0.1, 0.15) is 0 Å². The molecule has 17 heavy (non-hydrogen) atoms. The van der Waals surface area contributed by atoms with Crippen LogP contribution in [0.1, 0.15) is 77.6 Å². The normalized spacial score (nSPS) is 23.6. The zero-order valence-corrected chi connectivity index (χ0v) is 11.3. The van der Waals surface area contributed by atoms with Gasteiger partial charge in [-0.15, -0.1) is 0 Å². The van der Waals surface area contributed by atoms with Gasteiger partial charge in [0, 0.05) is 18.5 Å². The van der Waals surface area contributed by atoms with E-state index in [1.165, 1.54) is 64.2 Å². The third-order valence-electron chi connectivity index (χ3n) is 4.53. The van der Waals surface area contributed by atoms with E-state index in [-0.39, 0.29) is 0 Å². The fraction of sp³-hybridized carbons (Fsp3) is 0.933. The largest absolute Gasteiger partial charge is 0.337 e. The van der Waals surface area contributed by atoms with Crippen LogP contribution in [-0.2, 0) is 4.79 Å². The Balaban J connectivity index is 2.02. The van der Waals surface area contributed by atoms with Crippen molar-refractivity contribution in [3.8, 4) is 0 Å². The Bertz CT molecular complexity index is 221. The summed E-state index contributed by atoms with van der Waals surface area (Å²) < 4.78 is 0. The summed E-state index contributed by atoms with van der Waals surface area (Å²) in [5.74, 6) is 0.406. The summed E-state index contributed by atoms with van der Waals surface area (Å²) in [6, 6.07) is 1.14. The van der Waals surface area contributed by atoms with Gasteiger partial charge in [0.2, 0.25) is 5.91 Å². The molecule has 0 aromatic carbocycles. The first-order valence-corrected chi connectivity index (χ1v) is 7.64. The van der Waals surface area contributed by atoms with Crippen molar-refractivity contribution in [3.63, 3.8) is 0 Å². The smallest absolute Gasteiger partial charge is 0.222 e. The number of hydrogen-bond donors (Lipinski definition) is 0. The van der Waals surface area contributed by atoms with Gasteiger partial charge in [-0.1, -0.05) is 45.4 Å². The second-order valence-corrected chi connectivity index (χ2v) is 5.74. The van der Waals surface area contributed by atoms with Gasteiger partial charge in [0.05, 0.1) is 0 Å². The summed E-state index contributed by atoms with van der Waals surface area (Å²) in [6.45, 7) is 2.01. The fourth-order valence-corrected chi connectivity index (χ4v) is 3.61. The van der Waals surface area contributed by atoms with E-state index in [0.29, 0.717) is 24.4 Å². The van der Waals surface area contributed by atoms with Gasteiger partial charge < -0.3 is 4.90 Å². The van der Waals surface area contributed by atoms with Gasteiger partial charge in [0.25, 0.3) is 0 Å². The lowest BCUT2D eigenvalue weighted by molar-refractivity contribution is -0.137. The molecule has 0 aliphatic heterocycles. The molecule has 0 saturated heterocycles. The molecule has 2 fully saturated rings. The lowest BCUT2D eigenvalue weighted by Gasteiger charge is -2.41. The van der Waals surface area contributed by atoms with Crippen molar-refractivity contribution in [2.45, 2.75) is 89.6 Å². The molecule has 0 heterocycles. The highest BCUT2D eigenvalue weighted by Gasteiger charge is 2.31. The van der Waals surface area contributed by atoms with E-state index in [2.05, 4.69) is 4.90 Å². The van der Waals surface area contributed by atoms with Crippen LogP contribution in [0.15, 0.2) is 0 Å². The van der Waals surface area contributed by atoms with Crippen LogP contribution >= 0.6 is 0 Å². The van der Waals surface area contributed by atoms with Crippen molar-refractivity contribution in [3.05, 3.63) is 0 Å². The Morgan fingerprint density at radius 2 is 1.29 bits per heavy atom. The lowest BCUT2D eigenvalue weighted by Crippen LogP contribution is -2.48. The van der Waals surface area contributed by atoms with Crippen LogP contribution in [0.3, 0.4) is 0 Å². The molecular weight excluding hydrogens is 210 g/mol. The second kappa shape index (κ2) is 6.42. The molecule has 2 saturated carbocycles. The van der Waals surface area contributed by atoms with Crippen LogP contribution in [0.2, 0.25) is 0 Å². The molecule has 2 aliphatic carbocycles. The van der Waals surface area contributed by atoms with Crippen molar-refractivity contribution < 1.29 is 4.79 Å². The lowest BCUT2D eigenvalue weighted by atomic mass is 9.88. The average Bonchev–Trinajstić information content (AvgIpc) is 2.41. The number of carbonyl (C=O) groups excluding carboxylic acids is 1. The van der Waals surface area contributed by atoms with Crippen molar-refractivity contribution in [2.24, 2.45) is 0 Å². The summed E-state index contributed by atoms with van der Waals surface area (Å²) in [6.07, 6.45) is 13.7. The predicted octanol–water partition coefficient (Wildman–Crippen LogP) is 3.89. The number of carbonyl (C=O) groups is 1. The van der Waals surface area contributed by atoms with Crippen LogP contribution < -0.4 is 0 Å². The molecule has 2 heteroatoms. The van der Waals surface area contributed by atoms with E-state index in [1.807, 2.05) is 6.92 Å². The van der Waals surface area contributed by atoms with Gasteiger partial charge in [-0.2, -0.15) is 0 Å². The molecule has 0 radical (unpaired) electrons.